The Balaban J connectivity index is 1.87. The van der Waals surface area contributed by atoms with Gasteiger partial charge >= 0.3 is 5.97 Å². The van der Waals surface area contributed by atoms with Crippen molar-refractivity contribution in [1.29, 1.82) is 0 Å². The van der Waals surface area contributed by atoms with Crippen LogP contribution >= 0.6 is 0 Å². The van der Waals surface area contributed by atoms with E-state index in [0.29, 0.717) is 18.9 Å². The molecule has 132 valence electrons. The van der Waals surface area contributed by atoms with Gasteiger partial charge < -0.3 is 14.7 Å². The number of hydrogen-bond acceptors (Lipinski definition) is 3. The summed E-state index contributed by atoms with van der Waals surface area (Å²) in [5.74, 6) is -0.365. The van der Waals surface area contributed by atoms with Gasteiger partial charge in [-0.25, -0.2) is 0 Å². The van der Waals surface area contributed by atoms with Gasteiger partial charge in [0.25, 0.3) is 0 Å². The largest absolute Gasteiger partial charge is 0.481 e. The fourth-order valence-electron chi connectivity index (χ4n) is 4.13. The minimum Gasteiger partial charge on any atom is -0.481 e. The van der Waals surface area contributed by atoms with Crippen molar-refractivity contribution in [2.24, 2.45) is 17.8 Å². The summed E-state index contributed by atoms with van der Waals surface area (Å²) >= 11 is 0. The number of aliphatic carboxylic acids is 1. The van der Waals surface area contributed by atoms with Crippen LogP contribution in [0, 0.1) is 17.8 Å². The number of ether oxygens (including phenoxy) is 1. The topological polar surface area (TPSA) is 66.8 Å². The molecule has 5 heteroatoms. The third-order valence-electron chi connectivity index (χ3n) is 5.39. The SMILES string of the molecule is CCCC(CCC)C(=O)N1CCC([C@@H]2OCCC2C(=O)O)CC1. The second kappa shape index (κ2) is 8.67. The van der Waals surface area contributed by atoms with Crippen LogP contribution in [0.5, 0.6) is 0 Å². The number of piperidine rings is 1. The van der Waals surface area contributed by atoms with Crippen molar-refractivity contribution in [3.8, 4) is 0 Å². The van der Waals surface area contributed by atoms with Crippen molar-refractivity contribution in [3.63, 3.8) is 0 Å². The summed E-state index contributed by atoms with van der Waals surface area (Å²) in [6, 6.07) is 0. The summed E-state index contributed by atoms with van der Waals surface area (Å²) in [6.45, 7) is 6.31. The molecule has 2 heterocycles. The molecule has 5 nitrogen and oxygen atoms in total. The predicted molar refractivity (Wildman–Crippen MR) is 88.1 cm³/mol. The average molecular weight is 325 g/mol. The van der Waals surface area contributed by atoms with Crippen LogP contribution < -0.4 is 0 Å². The lowest BCUT2D eigenvalue weighted by Gasteiger charge is -2.37. The number of rotatable bonds is 7. The standard InChI is InChI=1S/C18H31NO4/c1-3-5-14(6-4-2)17(20)19-10-7-13(8-11-19)16-15(18(21)22)9-12-23-16/h13-16H,3-12H2,1-2H3,(H,21,22)/t15?,16-/m0/s1. The first-order valence-corrected chi connectivity index (χ1v) is 9.21. The van der Waals surface area contributed by atoms with Gasteiger partial charge in [-0.15, -0.1) is 0 Å². The van der Waals surface area contributed by atoms with Crippen LogP contribution in [0.2, 0.25) is 0 Å². The summed E-state index contributed by atoms with van der Waals surface area (Å²) in [7, 11) is 0. The molecule has 0 aromatic heterocycles. The third-order valence-corrected chi connectivity index (χ3v) is 5.39. The fraction of sp³-hybridized carbons (Fsp3) is 0.889. The Morgan fingerprint density at radius 1 is 1.13 bits per heavy atom. The number of likely N-dealkylation sites (tertiary alicyclic amines) is 1. The smallest absolute Gasteiger partial charge is 0.309 e. The number of carbonyl (C=O) groups excluding carboxylic acids is 1. The minimum atomic E-state index is -0.739. The van der Waals surface area contributed by atoms with Crippen LogP contribution in [0.15, 0.2) is 0 Å². The van der Waals surface area contributed by atoms with Crippen LogP contribution in [0.3, 0.4) is 0 Å². The molecule has 0 bridgehead atoms. The van der Waals surface area contributed by atoms with Gasteiger partial charge in [-0.2, -0.15) is 0 Å². The molecule has 2 rings (SSSR count). The van der Waals surface area contributed by atoms with Gasteiger partial charge in [0, 0.05) is 25.6 Å². The monoisotopic (exact) mass is 325 g/mol. The van der Waals surface area contributed by atoms with E-state index in [2.05, 4.69) is 13.8 Å². The first kappa shape index (κ1) is 18.2. The Morgan fingerprint density at radius 3 is 2.26 bits per heavy atom. The maximum atomic E-state index is 12.7. The number of carbonyl (C=O) groups is 2. The van der Waals surface area contributed by atoms with E-state index in [1.807, 2.05) is 4.90 Å². The maximum Gasteiger partial charge on any atom is 0.309 e. The molecule has 2 saturated heterocycles. The van der Waals surface area contributed by atoms with Crippen molar-refractivity contribution in [3.05, 3.63) is 0 Å². The third kappa shape index (κ3) is 4.46. The highest BCUT2D eigenvalue weighted by atomic mass is 16.5. The highest BCUT2D eigenvalue weighted by Gasteiger charge is 2.41. The number of amides is 1. The Hall–Kier alpha value is -1.10. The van der Waals surface area contributed by atoms with E-state index in [9.17, 15) is 14.7 Å². The molecular formula is C18H31NO4. The Kier molecular flexibility index (Phi) is 6.88. The zero-order valence-electron chi connectivity index (χ0n) is 14.5. The van der Waals surface area contributed by atoms with E-state index in [1.54, 1.807) is 0 Å². The first-order valence-electron chi connectivity index (χ1n) is 9.21. The van der Waals surface area contributed by atoms with Gasteiger partial charge in [-0.1, -0.05) is 26.7 Å². The fourth-order valence-corrected chi connectivity index (χ4v) is 4.13. The molecule has 0 spiro atoms. The number of hydrogen-bond donors (Lipinski definition) is 1. The highest BCUT2D eigenvalue weighted by Crippen LogP contribution is 2.33. The van der Waals surface area contributed by atoms with E-state index >= 15 is 0 Å². The molecule has 1 unspecified atom stereocenters. The second-order valence-electron chi connectivity index (χ2n) is 7.01. The average Bonchev–Trinajstić information content (AvgIpc) is 3.04. The molecule has 0 aliphatic carbocycles. The van der Waals surface area contributed by atoms with Crippen LogP contribution in [0.1, 0.15) is 58.8 Å². The van der Waals surface area contributed by atoms with E-state index in [4.69, 9.17) is 4.74 Å². The van der Waals surface area contributed by atoms with Crippen molar-refractivity contribution in [2.75, 3.05) is 19.7 Å². The van der Waals surface area contributed by atoms with Crippen LogP contribution in [0.25, 0.3) is 0 Å². The number of carboxylic acid groups (broad SMARTS) is 1. The molecule has 2 atom stereocenters. The van der Waals surface area contributed by atoms with E-state index in [1.165, 1.54) is 0 Å². The van der Waals surface area contributed by atoms with Gasteiger partial charge in [-0.3, -0.25) is 9.59 Å². The molecule has 1 amide bonds. The Morgan fingerprint density at radius 2 is 1.74 bits per heavy atom. The molecule has 0 radical (unpaired) electrons. The summed E-state index contributed by atoms with van der Waals surface area (Å²) in [6.07, 6.45) is 6.22. The van der Waals surface area contributed by atoms with Gasteiger partial charge in [-0.05, 0) is 38.0 Å². The Bertz CT molecular complexity index is 398. The summed E-state index contributed by atoms with van der Waals surface area (Å²) in [5, 5.41) is 9.30. The molecular weight excluding hydrogens is 294 g/mol. The summed E-state index contributed by atoms with van der Waals surface area (Å²) in [5.41, 5.74) is 0. The van der Waals surface area contributed by atoms with Crippen molar-refractivity contribution in [1.82, 2.24) is 4.90 Å². The molecule has 23 heavy (non-hydrogen) atoms. The molecule has 2 aliphatic heterocycles. The Labute approximate surface area is 139 Å². The van der Waals surface area contributed by atoms with E-state index < -0.39 is 5.97 Å². The lowest BCUT2D eigenvalue weighted by atomic mass is 9.83. The molecule has 1 N–H and O–H groups in total. The van der Waals surface area contributed by atoms with Crippen LogP contribution in [-0.4, -0.2) is 47.7 Å². The lowest BCUT2D eigenvalue weighted by molar-refractivity contribution is -0.146. The van der Waals surface area contributed by atoms with Gasteiger partial charge in [0.15, 0.2) is 0 Å². The zero-order chi connectivity index (χ0) is 16.8. The van der Waals surface area contributed by atoms with Gasteiger partial charge in [0.2, 0.25) is 5.91 Å². The second-order valence-corrected chi connectivity index (χ2v) is 7.01. The van der Waals surface area contributed by atoms with Crippen LogP contribution in [-0.2, 0) is 14.3 Å². The lowest BCUT2D eigenvalue weighted by Crippen LogP contribution is -2.45. The van der Waals surface area contributed by atoms with Crippen molar-refractivity contribution in [2.45, 2.75) is 64.9 Å². The van der Waals surface area contributed by atoms with E-state index in [-0.39, 0.29) is 23.9 Å². The number of nitrogens with zero attached hydrogens (tertiary/aromatic N) is 1. The predicted octanol–water partition coefficient (Wildman–Crippen LogP) is 2.93. The number of carboxylic acids is 1. The summed E-state index contributed by atoms with van der Waals surface area (Å²) in [4.78, 5) is 26.0. The molecule has 0 aromatic rings. The van der Waals surface area contributed by atoms with Gasteiger partial charge in [0.1, 0.15) is 0 Å². The quantitative estimate of drug-likeness (QED) is 0.781. The molecule has 2 aliphatic rings. The van der Waals surface area contributed by atoms with E-state index in [0.717, 1.165) is 51.6 Å². The zero-order valence-corrected chi connectivity index (χ0v) is 14.5. The summed E-state index contributed by atoms with van der Waals surface area (Å²) < 4.78 is 5.70. The first-order chi connectivity index (χ1) is 11.1. The van der Waals surface area contributed by atoms with Crippen molar-refractivity contribution < 1.29 is 19.4 Å². The normalized spacial score (nSPS) is 26.0. The molecule has 2 fully saturated rings. The van der Waals surface area contributed by atoms with Gasteiger partial charge in [0.05, 0.1) is 12.0 Å². The van der Waals surface area contributed by atoms with Crippen LogP contribution in [0.4, 0.5) is 0 Å². The molecule has 0 aromatic carbocycles. The minimum absolute atomic E-state index is 0.160. The highest BCUT2D eigenvalue weighted by molar-refractivity contribution is 5.79. The maximum absolute atomic E-state index is 12.7. The van der Waals surface area contributed by atoms with Crippen molar-refractivity contribution >= 4 is 11.9 Å². The molecule has 0 saturated carbocycles.